The van der Waals surface area contributed by atoms with Crippen LogP contribution in [-0.2, 0) is 17.8 Å². The van der Waals surface area contributed by atoms with Crippen LogP contribution in [0.3, 0.4) is 0 Å². The lowest BCUT2D eigenvalue weighted by molar-refractivity contribution is -0.122. The molecule has 7 nitrogen and oxygen atoms in total. The van der Waals surface area contributed by atoms with Crippen molar-refractivity contribution in [2.75, 3.05) is 7.11 Å². The summed E-state index contributed by atoms with van der Waals surface area (Å²) in [6, 6.07) is 3.58. The molecule has 134 valence electrons. The van der Waals surface area contributed by atoms with Crippen LogP contribution in [0.25, 0.3) is 0 Å². The highest BCUT2D eigenvalue weighted by molar-refractivity contribution is 5.76. The summed E-state index contributed by atoms with van der Waals surface area (Å²) in [6.45, 7) is 0.770. The Bertz CT molecular complexity index is 689. The van der Waals surface area contributed by atoms with Crippen molar-refractivity contribution in [1.82, 2.24) is 20.1 Å². The van der Waals surface area contributed by atoms with Gasteiger partial charge in [0.05, 0.1) is 25.5 Å². The minimum absolute atomic E-state index is 0.0494. The first kappa shape index (κ1) is 17.4. The number of nitrogens with one attached hydrogen (secondary N) is 1. The van der Waals surface area contributed by atoms with E-state index >= 15 is 0 Å². The van der Waals surface area contributed by atoms with E-state index in [0.29, 0.717) is 30.9 Å². The van der Waals surface area contributed by atoms with Crippen LogP contribution in [0.5, 0.6) is 5.75 Å². The smallest absolute Gasteiger partial charge is 0.220 e. The minimum atomic E-state index is -0.497. The molecule has 2 aromatic rings. The van der Waals surface area contributed by atoms with Crippen LogP contribution in [0.1, 0.15) is 24.8 Å². The normalized spacial score (nSPS) is 22.7. The Kier molecular flexibility index (Phi) is 5.65. The average molecular weight is 344 g/mol. The van der Waals surface area contributed by atoms with Crippen LogP contribution in [0, 0.1) is 5.92 Å². The van der Waals surface area contributed by atoms with E-state index < -0.39 is 6.10 Å². The van der Waals surface area contributed by atoms with Gasteiger partial charge in [-0.15, -0.1) is 0 Å². The zero-order valence-corrected chi connectivity index (χ0v) is 14.3. The SMILES string of the molecule is COc1cncc(CCC(=O)N[C@@H]2CC(Cn3cccn3)C[C@H]2O)c1. The number of aliphatic hydroxyl groups excluding tert-OH is 1. The van der Waals surface area contributed by atoms with Gasteiger partial charge in [0.1, 0.15) is 5.75 Å². The molecular weight excluding hydrogens is 320 g/mol. The van der Waals surface area contributed by atoms with Crippen molar-refractivity contribution >= 4 is 5.91 Å². The van der Waals surface area contributed by atoms with Gasteiger partial charge in [-0.1, -0.05) is 0 Å². The van der Waals surface area contributed by atoms with Crippen molar-refractivity contribution < 1.29 is 14.6 Å². The van der Waals surface area contributed by atoms with Gasteiger partial charge < -0.3 is 15.2 Å². The Morgan fingerprint density at radius 3 is 3.08 bits per heavy atom. The fourth-order valence-corrected chi connectivity index (χ4v) is 3.34. The molecule has 2 N–H and O–H groups in total. The third-order valence-electron chi connectivity index (χ3n) is 4.62. The van der Waals surface area contributed by atoms with Crippen molar-refractivity contribution in [3.8, 4) is 5.75 Å². The van der Waals surface area contributed by atoms with Gasteiger partial charge in [0, 0.05) is 31.6 Å². The van der Waals surface area contributed by atoms with Gasteiger partial charge in [-0.25, -0.2) is 0 Å². The van der Waals surface area contributed by atoms with E-state index in [1.54, 1.807) is 25.7 Å². The van der Waals surface area contributed by atoms with Crippen molar-refractivity contribution in [3.63, 3.8) is 0 Å². The molecule has 1 fully saturated rings. The molecule has 1 unspecified atom stereocenters. The van der Waals surface area contributed by atoms with E-state index in [1.807, 2.05) is 23.0 Å². The van der Waals surface area contributed by atoms with Gasteiger partial charge in [0.15, 0.2) is 0 Å². The number of pyridine rings is 1. The van der Waals surface area contributed by atoms with Crippen LogP contribution in [0.15, 0.2) is 36.9 Å². The number of aliphatic hydroxyl groups is 1. The predicted molar refractivity (Wildman–Crippen MR) is 92.0 cm³/mol. The summed E-state index contributed by atoms with van der Waals surface area (Å²) in [5, 5.41) is 17.4. The first-order valence-electron chi connectivity index (χ1n) is 8.57. The Hall–Kier alpha value is -2.41. The number of nitrogens with zero attached hydrogens (tertiary/aromatic N) is 3. The zero-order chi connectivity index (χ0) is 17.6. The second-order valence-electron chi connectivity index (χ2n) is 6.54. The van der Waals surface area contributed by atoms with Crippen molar-refractivity contribution in [1.29, 1.82) is 0 Å². The third kappa shape index (κ3) is 4.79. The number of hydrogen-bond donors (Lipinski definition) is 2. The van der Waals surface area contributed by atoms with Crippen molar-refractivity contribution in [2.45, 2.75) is 44.4 Å². The summed E-state index contributed by atoms with van der Waals surface area (Å²) in [6.07, 6.45) is 8.95. The van der Waals surface area contributed by atoms with Gasteiger partial charge >= 0.3 is 0 Å². The van der Waals surface area contributed by atoms with Crippen LogP contribution < -0.4 is 10.1 Å². The topological polar surface area (TPSA) is 89.3 Å². The Labute approximate surface area is 147 Å². The molecule has 0 bridgehead atoms. The van der Waals surface area contributed by atoms with Crippen molar-refractivity contribution in [3.05, 3.63) is 42.5 Å². The van der Waals surface area contributed by atoms with Gasteiger partial charge in [0.25, 0.3) is 0 Å². The number of carbonyl (C=O) groups is 1. The monoisotopic (exact) mass is 344 g/mol. The molecule has 1 aliphatic carbocycles. The Balaban J connectivity index is 1.45. The molecule has 7 heteroatoms. The molecular formula is C18H24N4O3. The van der Waals surface area contributed by atoms with Crippen LogP contribution in [0.2, 0.25) is 0 Å². The second-order valence-corrected chi connectivity index (χ2v) is 6.54. The van der Waals surface area contributed by atoms with E-state index in [2.05, 4.69) is 15.4 Å². The molecule has 0 aliphatic heterocycles. The number of rotatable bonds is 7. The predicted octanol–water partition coefficient (Wildman–Crippen LogP) is 1.18. The van der Waals surface area contributed by atoms with E-state index in [4.69, 9.17) is 4.74 Å². The number of aromatic nitrogens is 3. The molecule has 2 heterocycles. The Morgan fingerprint density at radius 2 is 2.32 bits per heavy atom. The molecule has 0 spiro atoms. The minimum Gasteiger partial charge on any atom is -0.495 e. The number of carbonyl (C=O) groups excluding carboxylic acids is 1. The summed E-state index contributed by atoms with van der Waals surface area (Å²) >= 11 is 0. The highest BCUT2D eigenvalue weighted by atomic mass is 16.5. The van der Waals surface area contributed by atoms with Crippen LogP contribution in [-0.4, -0.2) is 45.0 Å². The number of hydrogen-bond acceptors (Lipinski definition) is 5. The second kappa shape index (κ2) is 8.11. The lowest BCUT2D eigenvalue weighted by Crippen LogP contribution is -2.40. The van der Waals surface area contributed by atoms with E-state index in [9.17, 15) is 9.90 Å². The molecule has 1 aliphatic rings. The van der Waals surface area contributed by atoms with Crippen molar-refractivity contribution in [2.24, 2.45) is 5.92 Å². The summed E-state index contributed by atoms with van der Waals surface area (Å²) in [4.78, 5) is 16.3. The lowest BCUT2D eigenvalue weighted by Gasteiger charge is -2.16. The molecule has 25 heavy (non-hydrogen) atoms. The first-order chi connectivity index (χ1) is 12.1. The Morgan fingerprint density at radius 1 is 1.44 bits per heavy atom. The molecule has 0 aromatic carbocycles. The molecule has 1 amide bonds. The highest BCUT2D eigenvalue weighted by Gasteiger charge is 2.34. The number of methoxy groups -OCH3 is 1. The van der Waals surface area contributed by atoms with E-state index in [-0.39, 0.29) is 11.9 Å². The van der Waals surface area contributed by atoms with Gasteiger partial charge in [-0.3, -0.25) is 14.5 Å². The van der Waals surface area contributed by atoms with Gasteiger partial charge in [0.2, 0.25) is 5.91 Å². The number of amides is 1. The highest BCUT2D eigenvalue weighted by Crippen LogP contribution is 2.27. The summed E-state index contributed by atoms with van der Waals surface area (Å²) in [5.74, 6) is 0.958. The molecule has 1 saturated carbocycles. The summed E-state index contributed by atoms with van der Waals surface area (Å²) in [5.41, 5.74) is 0.957. The van der Waals surface area contributed by atoms with Crippen LogP contribution in [0.4, 0.5) is 0 Å². The summed E-state index contributed by atoms with van der Waals surface area (Å²) in [7, 11) is 1.59. The molecule has 0 radical (unpaired) electrons. The van der Waals surface area contributed by atoms with Gasteiger partial charge in [-0.05, 0) is 42.9 Å². The van der Waals surface area contributed by atoms with Crippen LogP contribution >= 0.6 is 0 Å². The third-order valence-corrected chi connectivity index (χ3v) is 4.62. The zero-order valence-electron chi connectivity index (χ0n) is 14.3. The van der Waals surface area contributed by atoms with E-state index in [0.717, 1.165) is 18.5 Å². The average Bonchev–Trinajstić information content (AvgIpc) is 3.24. The first-order valence-corrected chi connectivity index (χ1v) is 8.57. The standard InChI is InChI=1S/C18H24N4O3/c1-25-15-7-13(10-19-11-15)3-4-18(24)21-16-8-14(9-17(16)23)12-22-6-2-5-20-22/h2,5-7,10-11,14,16-17,23H,3-4,8-9,12H2,1H3,(H,21,24)/t14?,16-,17-/m1/s1. The molecule has 3 rings (SSSR count). The summed E-state index contributed by atoms with van der Waals surface area (Å²) < 4.78 is 7.01. The largest absolute Gasteiger partial charge is 0.495 e. The van der Waals surface area contributed by atoms with Gasteiger partial charge in [-0.2, -0.15) is 5.10 Å². The fourth-order valence-electron chi connectivity index (χ4n) is 3.34. The number of ether oxygens (including phenoxy) is 1. The molecule has 2 aromatic heterocycles. The maximum absolute atomic E-state index is 12.2. The molecule has 3 atom stereocenters. The maximum Gasteiger partial charge on any atom is 0.220 e. The maximum atomic E-state index is 12.2. The van der Waals surface area contributed by atoms with E-state index in [1.165, 1.54) is 0 Å². The quantitative estimate of drug-likeness (QED) is 0.787. The molecule has 0 saturated heterocycles. The lowest BCUT2D eigenvalue weighted by atomic mass is 10.1. The number of aryl methyl sites for hydroxylation is 1. The fraction of sp³-hybridized carbons (Fsp3) is 0.500.